The number of anilines is 1. The van der Waals surface area contributed by atoms with Gasteiger partial charge < -0.3 is 20.3 Å². The van der Waals surface area contributed by atoms with Gasteiger partial charge in [-0.05, 0) is 13.8 Å². The van der Waals surface area contributed by atoms with Crippen LogP contribution in [0.2, 0.25) is 0 Å². The summed E-state index contributed by atoms with van der Waals surface area (Å²) in [6.07, 6.45) is -6.77. The molecule has 0 amide bonds. The van der Waals surface area contributed by atoms with Gasteiger partial charge in [0, 0.05) is 6.54 Å². The van der Waals surface area contributed by atoms with Crippen LogP contribution in [0.4, 0.5) is 19.0 Å². The summed E-state index contributed by atoms with van der Waals surface area (Å²) in [6, 6.07) is -0.931. The quantitative estimate of drug-likeness (QED) is 0.453. The predicted molar refractivity (Wildman–Crippen MR) is 90.2 cm³/mol. The van der Waals surface area contributed by atoms with Crippen molar-refractivity contribution < 1.29 is 32.3 Å². The van der Waals surface area contributed by atoms with Crippen molar-refractivity contribution in [2.75, 3.05) is 18.5 Å². The second kappa shape index (κ2) is 8.22. The maximum absolute atomic E-state index is 12.7. The third-order valence-electron chi connectivity index (χ3n) is 4.05. The van der Waals surface area contributed by atoms with Gasteiger partial charge in [-0.1, -0.05) is 0 Å². The molecule has 1 aliphatic heterocycles. The van der Waals surface area contributed by atoms with E-state index < -0.39 is 51.4 Å². The largest absolute Gasteiger partial charge is 0.434 e. The van der Waals surface area contributed by atoms with Crippen molar-refractivity contribution in [2.24, 2.45) is 0 Å². The van der Waals surface area contributed by atoms with Gasteiger partial charge >= 0.3 is 6.18 Å². The van der Waals surface area contributed by atoms with E-state index >= 15 is 0 Å². The van der Waals surface area contributed by atoms with Crippen molar-refractivity contribution >= 4 is 15.7 Å². The lowest BCUT2D eigenvalue weighted by molar-refractivity contribution is -0.141. The Bertz CT molecular complexity index is 747. The van der Waals surface area contributed by atoms with Crippen LogP contribution in [0.5, 0.6) is 0 Å². The van der Waals surface area contributed by atoms with Gasteiger partial charge in [0.25, 0.3) is 0 Å². The SMILES string of the molecule is CC(C)S(=N)(=O)NC[C@H]1OC[C@H](Nc2cncc(C(F)(F)F)n2)[C@@H](O)[C@H]1O. The lowest BCUT2D eigenvalue weighted by atomic mass is 9.98. The van der Waals surface area contributed by atoms with Crippen LogP contribution in [0.25, 0.3) is 0 Å². The van der Waals surface area contributed by atoms with E-state index in [4.69, 9.17) is 9.52 Å². The van der Waals surface area contributed by atoms with Gasteiger partial charge in [0.2, 0.25) is 0 Å². The molecule has 1 unspecified atom stereocenters. The van der Waals surface area contributed by atoms with Crippen LogP contribution < -0.4 is 10.0 Å². The zero-order valence-corrected chi connectivity index (χ0v) is 15.4. The Kier molecular flexibility index (Phi) is 6.63. The topological polar surface area (TPSA) is 140 Å². The molecule has 27 heavy (non-hydrogen) atoms. The molecule has 9 nitrogen and oxygen atoms in total. The first kappa shape index (κ1) is 21.8. The molecular formula is C14H22F3N5O4S. The van der Waals surface area contributed by atoms with Crippen molar-refractivity contribution in [3.05, 3.63) is 18.1 Å². The summed E-state index contributed by atoms with van der Waals surface area (Å²) < 4.78 is 65.6. The Labute approximate surface area is 154 Å². The Morgan fingerprint density at radius 2 is 2.04 bits per heavy atom. The average molecular weight is 413 g/mol. The van der Waals surface area contributed by atoms with Gasteiger partial charge in [-0.25, -0.2) is 18.7 Å². The highest BCUT2D eigenvalue weighted by Gasteiger charge is 2.39. The van der Waals surface area contributed by atoms with Crippen molar-refractivity contribution in [3.8, 4) is 0 Å². The van der Waals surface area contributed by atoms with Crippen molar-refractivity contribution in [3.63, 3.8) is 0 Å². The van der Waals surface area contributed by atoms with E-state index in [1.807, 2.05) is 0 Å². The van der Waals surface area contributed by atoms with Crippen LogP contribution in [-0.2, 0) is 20.8 Å². The van der Waals surface area contributed by atoms with Crippen molar-refractivity contribution in [2.45, 2.75) is 49.6 Å². The molecule has 1 fully saturated rings. The van der Waals surface area contributed by atoms with Crippen molar-refractivity contribution in [1.82, 2.24) is 14.7 Å². The highest BCUT2D eigenvalue weighted by molar-refractivity contribution is 7.91. The highest BCUT2D eigenvalue weighted by atomic mass is 32.2. The molecule has 5 atom stereocenters. The summed E-state index contributed by atoms with van der Waals surface area (Å²) in [7, 11) is -3.08. The van der Waals surface area contributed by atoms with E-state index in [9.17, 15) is 27.6 Å². The smallest absolute Gasteiger partial charge is 0.388 e. The zero-order valence-electron chi connectivity index (χ0n) is 14.6. The van der Waals surface area contributed by atoms with Crippen LogP contribution in [0.1, 0.15) is 19.5 Å². The van der Waals surface area contributed by atoms with Gasteiger partial charge in [-0.2, -0.15) is 13.2 Å². The second-order valence-electron chi connectivity index (χ2n) is 6.39. The molecule has 2 heterocycles. The fraction of sp³-hybridized carbons (Fsp3) is 0.714. The maximum Gasteiger partial charge on any atom is 0.434 e. The van der Waals surface area contributed by atoms with Crippen LogP contribution >= 0.6 is 0 Å². The van der Waals surface area contributed by atoms with Gasteiger partial charge in [0.05, 0.1) is 36.4 Å². The molecular weight excluding hydrogens is 391 g/mol. The summed E-state index contributed by atoms with van der Waals surface area (Å²) in [5, 5.41) is 22.5. The fourth-order valence-corrected chi connectivity index (χ4v) is 3.07. The van der Waals surface area contributed by atoms with Gasteiger partial charge in [0.1, 0.15) is 27.9 Å². The number of hydrogen-bond donors (Lipinski definition) is 5. The first-order valence-electron chi connectivity index (χ1n) is 8.07. The zero-order chi connectivity index (χ0) is 20.4. The van der Waals surface area contributed by atoms with Gasteiger partial charge in [0.15, 0.2) is 5.69 Å². The number of hydrogen-bond acceptors (Lipinski definition) is 8. The van der Waals surface area contributed by atoms with Crippen LogP contribution in [-0.4, -0.2) is 67.1 Å². The summed E-state index contributed by atoms with van der Waals surface area (Å²) in [4.78, 5) is 6.84. The average Bonchev–Trinajstić information content (AvgIpc) is 2.58. The van der Waals surface area contributed by atoms with E-state index in [1.165, 1.54) is 0 Å². The summed E-state index contributed by atoms with van der Waals surface area (Å²) in [5.74, 6) is -0.227. The minimum absolute atomic E-state index is 0.130. The number of rotatable bonds is 6. The first-order chi connectivity index (χ1) is 12.4. The number of aromatic nitrogens is 2. The molecule has 0 radical (unpaired) electrons. The summed E-state index contributed by atoms with van der Waals surface area (Å²) in [6.45, 7) is 2.93. The molecule has 1 saturated heterocycles. The molecule has 1 aromatic heterocycles. The minimum Gasteiger partial charge on any atom is -0.388 e. The highest BCUT2D eigenvalue weighted by Crippen LogP contribution is 2.28. The molecule has 0 spiro atoms. The Morgan fingerprint density at radius 3 is 2.63 bits per heavy atom. The lowest BCUT2D eigenvalue weighted by Gasteiger charge is -2.38. The molecule has 0 aliphatic carbocycles. The fourth-order valence-electron chi connectivity index (χ4n) is 2.32. The van der Waals surface area contributed by atoms with Crippen LogP contribution in [0.3, 0.4) is 0 Å². The van der Waals surface area contributed by atoms with E-state index in [-0.39, 0.29) is 19.0 Å². The Hall–Kier alpha value is -1.54. The predicted octanol–water partition coefficient (Wildman–Crippen LogP) is 0.356. The molecule has 2 rings (SSSR count). The number of aliphatic hydroxyl groups is 2. The minimum atomic E-state index is -4.66. The summed E-state index contributed by atoms with van der Waals surface area (Å²) in [5.41, 5.74) is -1.19. The molecule has 0 bridgehead atoms. The Morgan fingerprint density at radius 1 is 1.37 bits per heavy atom. The molecule has 1 aromatic rings. The van der Waals surface area contributed by atoms with Crippen LogP contribution in [0.15, 0.2) is 12.4 Å². The molecule has 0 aromatic carbocycles. The van der Waals surface area contributed by atoms with Gasteiger partial charge in [-0.3, -0.25) is 4.98 Å². The first-order valence-corrected chi connectivity index (χ1v) is 9.69. The third kappa shape index (κ3) is 5.48. The number of aliphatic hydroxyl groups excluding tert-OH is 2. The summed E-state index contributed by atoms with van der Waals surface area (Å²) >= 11 is 0. The van der Waals surface area contributed by atoms with Crippen molar-refractivity contribution in [1.29, 1.82) is 4.78 Å². The third-order valence-corrected chi connectivity index (χ3v) is 5.98. The number of halogens is 3. The van der Waals surface area contributed by atoms with Gasteiger partial charge in [-0.15, -0.1) is 0 Å². The lowest BCUT2D eigenvalue weighted by Crippen LogP contribution is -2.58. The van der Waals surface area contributed by atoms with E-state index in [1.54, 1.807) is 13.8 Å². The molecule has 154 valence electrons. The number of nitrogens with one attached hydrogen (secondary N) is 3. The Balaban J connectivity index is 1.99. The molecule has 5 N–H and O–H groups in total. The number of alkyl halides is 3. The normalized spacial score (nSPS) is 28.7. The van der Waals surface area contributed by atoms with E-state index in [2.05, 4.69) is 20.0 Å². The monoisotopic (exact) mass is 413 g/mol. The standard InChI is InChI=1S/C14H22F3N5O4S/c1-7(2)27(18,25)20-3-9-13(24)12(23)8(6-26-9)21-11-5-19-4-10(22-11)14(15,16)17/h4-5,7-9,12-13,23-24H,3,6H2,1-2H3,(H,21,22)(H2,18,20,25)/t8-,9+,12+,13-,27?/m0/s1. The van der Waals surface area contributed by atoms with E-state index in [0.717, 1.165) is 6.20 Å². The molecule has 1 aliphatic rings. The van der Waals surface area contributed by atoms with E-state index in [0.29, 0.717) is 6.20 Å². The number of ether oxygens (including phenoxy) is 1. The van der Waals surface area contributed by atoms with Crippen LogP contribution in [0, 0.1) is 4.78 Å². The maximum atomic E-state index is 12.7. The molecule has 13 heteroatoms. The number of nitrogens with zero attached hydrogens (tertiary/aromatic N) is 2. The second-order valence-corrected chi connectivity index (χ2v) is 8.82. The molecule has 0 saturated carbocycles.